The molecule has 146 valence electrons. The number of ether oxygens (including phenoxy) is 1. The van der Waals surface area contributed by atoms with Crippen LogP contribution in [0.2, 0.25) is 0 Å². The van der Waals surface area contributed by atoms with Gasteiger partial charge >= 0.3 is 0 Å². The van der Waals surface area contributed by atoms with Gasteiger partial charge < -0.3 is 9.29 Å². The van der Waals surface area contributed by atoms with E-state index in [9.17, 15) is 9.35 Å². The summed E-state index contributed by atoms with van der Waals surface area (Å²) in [6, 6.07) is 3.81. The summed E-state index contributed by atoms with van der Waals surface area (Å²) in [4.78, 5) is 17.9. The van der Waals surface area contributed by atoms with Crippen LogP contribution in [0.5, 0.6) is 0 Å². The second-order valence-corrected chi connectivity index (χ2v) is 10.5. The van der Waals surface area contributed by atoms with Crippen LogP contribution in [0.1, 0.15) is 51.6 Å². The maximum Gasteiger partial charge on any atom is 0.261 e. The van der Waals surface area contributed by atoms with Crippen molar-refractivity contribution in [1.82, 2.24) is 9.55 Å². The predicted molar refractivity (Wildman–Crippen MR) is 110 cm³/mol. The fraction of sp³-hybridized carbons (Fsp3) is 0.550. The lowest BCUT2D eigenvalue weighted by molar-refractivity contribution is -0.0559. The smallest absolute Gasteiger partial charge is 0.261 e. The average Bonchev–Trinajstić information content (AvgIpc) is 2.54. The molecule has 0 amide bonds. The molecule has 27 heavy (non-hydrogen) atoms. The van der Waals surface area contributed by atoms with Crippen LogP contribution in [0.15, 0.2) is 21.3 Å². The van der Waals surface area contributed by atoms with E-state index in [1.54, 1.807) is 11.6 Å². The van der Waals surface area contributed by atoms with Gasteiger partial charge in [-0.05, 0) is 59.2 Å². The number of nitrogens with zero attached hydrogens (tertiary/aromatic N) is 3. The molecule has 0 N–H and O–H groups in total. The third-order valence-corrected chi connectivity index (χ3v) is 6.33. The maximum atomic E-state index is 13.0. The molecule has 1 aliphatic heterocycles. The van der Waals surface area contributed by atoms with Crippen molar-refractivity contribution in [3.63, 3.8) is 0 Å². The maximum absolute atomic E-state index is 13.0. The summed E-state index contributed by atoms with van der Waals surface area (Å²) in [5, 5.41) is 0.552. The van der Waals surface area contributed by atoms with E-state index in [2.05, 4.69) is 4.40 Å². The van der Waals surface area contributed by atoms with Gasteiger partial charge in [0.15, 0.2) is 0 Å². The standard InChI is InChI=1S/C20H27N3O3S/c1-12-8-14(13(2)22-27(25)19(3,4)5)16-15(9-12)17(24)23(7)18(21-16)20(6)10-26-11-20/h8-9H,10-11H2,1-7H3/t27-/m1/s1. The molecular weight excluding hydrogens is 362 g/mol. The lowest BCUT2D eigenvalue weighted by Crippen LogP contribution is -2.48. The molecule has 2 aromatic rings. The summed E-state index contributed by atoms with van der Waals surface area (Å²) >= 11 is -1.38. The van der Waals surface area contributed by atoms with E-state index in [0.717, 1.165) is 11.1 Å². The Balaban J connectivity index is 2.27. The predicted octanol–water partition coefficient (Wildman–Crippen LogP) is 2.80. The molecule has 1 atom stereocenters. The van der Waals surface area contributed by atoms with Crippen LogP contribution in [0.3, 0.4) is 0 Å². The molecule has 7 heteroatoms. The van der Waals surface area contributed by atoms with Crippen molar-refractivity contribution in [3.8, 4) is 0 Å². The highest BCUT2D eigenvalue weighted by atomic mass is 32.2. The molecule has 0 spiro atoms. The van der Waals surface area contributed by atoms with Gasteiger partial charge in [-0.2, -0.15) is 0 Å². The zero-order valence-corrected chi connectivity index (χ0v) is 17.9. The Hall–Kier alpha value is -1.70. The van der Waals surface area contributed by atoms with Crippen molar-refractivity contribution in [2.24, 2.45) is 11.4 Å². The Morgan fingerprint density at radius 2 is 2.00 bits per heavy atom. The number of fused-ring (bicyclic) bond motifs is 1. The minimum Gasteiger partial charge on any atom is -0.591 e. The van der Waals surface area contributed by atoms with Crippen LogP contribution >= 0.6 is 0 Å². The molecule has 0 unspecified atom stereocenters. The quantitative estimate of drug-likeness (QED) is 0.597. The van der Waals surface area contributed by atoms with E-state index < -0.39 is 16.1 Å². The van der Waals surface area contributed by atoms with Crippen molar-refractivity contribution in [2.45, 2.75) is 51.7 Å². The summed E-state index contributed by atoms with van der Waals surface area (Å²) in [7, 11) is 1.76. The highest BCUT2D eigenvalue weighted by Crippen LogP contribution is 2.31. The fourth-order valence-corrected chi connectivity index (χ4v) is 3.80. The van der Waals surface area contributed by atoms with Crippen molar-refractivity contribution < 1.29 is 9.29 Å². The van der Waals surface area contributed by atoms with Gasteiger partial charge in [-0.1, -0.05) is 4.40 Å². The summed E-state index contributed by atoms with van der Waals surface area (Å²) in [6.45, 7) is 12.6. The van der Waals surface area contributed by atoms with Gasteiger partial charge in [-0.3, -0.25) is 9.36 Å². The number of hydrogen-bond donors (Lipinski definition) is 0. The van der Waals surface area contributed by atoms with Crippen LogP contribution in [0, 0.1) is 6.92 Å². The Bertz CT molecular complexity index is 985. The number of benzene rings is 1. The molecule has 1 fully saturated rings. The molecule has 0 radical (unpaired) electrons. The largest absolute Gasteiger partial charge is 0.591 e. The molecule has 2 heterocycles. The Morgan fingerprint density at radius 1 is 1.37 bits per heavy atom. The lowest BCUT2D eigenvalue weighted by Gasteiger charge is -2.38. The van der Waals surface area contributed by atoms with Gasteiger partial charge in [0.1, 0.15) is 21.9 Å². The first-order valence-electron chi connectivity index (χ1n) is 9.01. The van der Waals surface area contributed by atoms with Gasteiger partial charge in [0.05, 0.1) is 35.2 Å². The van der Waals surface area contributed by atoms with Crippen LogP contribution in [-0.2, 0) is 28.6 Å². The van der Waals surface area contributed by atoms with E-state index in [1.807, 2.05) is 53.7 Å². The Labute approximate surface area is 163 Å². The highest BCUT2D eigenvalue weighted by Gasteiger charge is 2.39. The zero-order valence-electron chi connectivity index (χ0n) is 17.0. The van der Waals surface area contributed by atoms with Gasteiger partial charge in [0, 0.05) is 12.6 Å². The summed E-state index contributed by atoms with van der Waals surface area (Å²) in [6.07, 6.45) is 0. The lowest BCUT2D eigenvalue weighted by atomic mass is 9.87. The van der Waals surface area contributed by atoms with Gasteiger partial charge in [0.2, 0.25) is 0 Å². The van der Waals surface area contributed by atoms with Gasteiger partial charge in [-0.25, -0.2) is 4.98 Å². The third-order valence-electron chi connectivity index (χ3n) is 4.84. The van der Waals surface area contributed by atoms with Crippen LogP contribution < -0.4 is 5.56 Å². The molecule has 1 aliphatic rings. The van der Waals surface area contributed by atoms with Gasteiger partial charge in [0.25, 0.3) is 5.56 Å². The van der Waals surface area contributed by atoms with Crippen LogP contribution in [-0.4, -0.2) is 37.8 Å². The molecule has 1 aromatic heterocycles. The second kappa shape index (κ2) is 6.72. The summed E-state index contributed by atoms with van der Waals surface area (Å²) in [5.41, 5.74) is 2.57. The molecule has 0 aliphatic carbocycles. The van der Waals surface area contributed by atoms with E-state index >= 15 is 0 Å². The second-order valence-electron chi connectivity index (χ2n) is 8.60. The molecule has 1 saturated heterocycles. The van der Waals surface area contributed by atoms with Crippen molar-refractivity contribution >= 4 is 28.0 Å². The molecule has 6 nitrogen and oxygen atoms in total. The van der Waals surface area contributed by atoms with Crippen LogP contribution in [0.4, 0.5) is 0 Å². The molecule has 0 saturated carbocycles. The molecule has 1 aromatic carbocycles. The monoisotopic (exact) mass is 389 g/mol. The number of rotatable bonds is 3. The third kappa shape index (κ3) is 3.56. The molecular formula is C20H27N3O3S. The molecule has 0 bridgehead atoms. The first kappa shape index (κ1) is 20.0. The van der Waals surface area contributed by atoms with E-state index in [1.165, 1.54) is 0 Å². The molecule has 3 rings (SSSR count). The van der Waals surface area contributed by atoms with Crippen molar-refractivity contribution in [1.29, 1.82) is 0 Å². The minimum atomic E-state index is -1.38. The van der Waals surface area contributed by atoms with E-state index in [0.29, 0.717) is 35.7 Å². The van der Waals surface area contributed by atoms with E-state index in [4.69, 9.17) is 9.72 Å². The number of hydrogen-bond acceptors (Lipinski definition) is 5. The first-order valence-corrected chi connectivity index (χ1v) is 10.1. The summed E-state index contributed by atoms with van der Waals surface area (Å²) < 4.78 is 23.4. The summed E-state index contributed by atoms with van der Waals surface area (Å²) in [5.74, 6) is 0.709. The minimum absolute atomic E-state index is 0.0854. The van der Waals surface area contributed by atoms with Crippen molar-refractivity contribution in [2.75, 3.05) is 13.2 Å². The normalized spacial score (nSPS) is 18.4. The SMILES string of the molecule is CC(=N[S@+]([O-])C(C)(C)C)c1cc(C)cc2c(=O)n(C)c(C3(C)COC3)nc12. The van der Waals surface area contributed by atoms with Crippen molar-refractivity contribution in [3.05, 3.63) is 39.4 Å². The number of aromatic nitrogens is 2. The number of aryl methyl sites for hydroxylation is 1. The first-order chi connectivity index (χ1) is 12.4. The Morgan fingerprint density at radius 3 is 2.52 bits per heavy atom. The highest BCUT2D eigenvalue weighted by molar-refractivity contribution is 7.91. The van der Waals surface area contributed by atoms with Gasteiger partial charge in [-0.15, -0.1) is 0 Å². The topological polar surface area (TPSA) is 79.5 Å². The van der Waals surface area contributed by atoms with E-state index in [-0.39, 0.29) is 11.0 Å². The Kier molecular flexibility index (Phi) is 4.99. The zero-order chi connectivity index (χ0) is 20.1. The fourth-order valence-electron chi connectivity index (χ4n) is 3.18. The van der Waals surface area contributed by atoms with Crippen LogP contribution in [0.25, 0.3) is 10.9 Å². The average molecular weight is 390 g/mol.